The largest absolute Gasteiger partial charge is 0.502 e. The molecule has 21 heavy (non-hydrogen) atoms. The predicted octanol–water partition coefficient (Wildman–Crippen LogP) is 3.98. The number of nitrogens with one attached hydrogen (secondary N) is 1. The molecule has 0 saturated carbocycles. The van der Waals surface area contributed by atoms with Crippen LogP contribution in [0.15, 0.2) is 30.3 Å². The van der Waals surface area contributed by atoms with Crippen LogP contribution in [-0.2, 0) is 6.54 Å². The van der Waals surface area contributed by atoms with E-state index in [-0.39, 0.29) is 5.75 Å². The van der Waals surface area contributed by atoms with Crippen molar-refractivity contribution in [2.75, 3.05) is 19.5 Å². The SMILES string of the molecule is COc1cc(CNc2ccc(Cl)cc2C)cc(OC)c1O. The van der Waals surface area contributed by atoms with Crippen molar-refractivity contribution in [2.45, 2.75) is 13.5 Å². The quantitative estimate of drug-likeness (QED) is 0.877. The lowest BCUT2D eigenvalue weighted by molar-refractivity contribution is 0.339. The zero-order chi connectivity index (χ0) is 15.4. The molecule has 5 heteroatoms. The van der Waals surface area contributed by atoms with E-state index < -0.39 is 0 Å². The van der Waals surface area contributed by atoms with E-state index >= 15 is 0 Å². The summed E-state index contributed by atoms with van der Waals surface area (Å²) >= 11 is 5.94. The lowest BCUT2D eigenvalue weighted by Gasteiger charge is -2.13. The summed E-state index contributed by atoms with van der Waals surface area (Å²) in [6.07, 6.45) is 0. The first-order valence-corrected chi connectivity index (χ1v) is 6.87. The van der Waals surface area contributed by atoms with Crippen LogP contribution in [-0.4, -0.2) is 19.3 Å². The number of anilines is 1. The summed E-state index contributed by atoms with van der Waals surface area (Å²) in [5.74, 6) is 0.782. The van der Waals surface area contributed by atoms with Gasteiger partial charge in [-0.1, -0.05) is 11.6 Å². The molecule has 0 fully saturated rings. The minimum absolute atomic E-state index is 0.00595. The number of rotatable bonds is 5. The van der Waals surface area contributed by atoms with E-state index in [1.165, 1.54) is 14.2 Å². The summed E-state index contributed by atoms with van der Waals surface area (Å²) < 4.78 is 10.3. The van der Waals surface area contributed by atoms with Gasteiger partial charge in [0.2, 0.25) is 5.75 Å². The summed E-state index contributed by atoms with van der Waals surface area (Å²) in [6.45, 7) is 2.57. The molecule has 0 saturated heterocycles. The maximum atomic E-state index is 9.89. The Kier molecular flexibility index (Phi) is 4.81. The minimum Gasteiger partial charge on any atom is -0.502 e. The van der Waals surface area contributed by atoms with Crippen molar-refractivity contribution >= 4 is 17.3 Å². The van der Waals surface area contributed by atoms with Crippen molar-refractivity contribution in [1.29, 1.82) is 0 Å². The molecule has 2 rings (SSSR count). The van der Waals surface area contributed by atoms with Gasteiger partial charge in [-0.3, -0.25) is 0 Å². The smallest absolute Gasteiger partial charge is 0.200 e. The van der Waals surface area contributed by atoms with Crippen LogP contribution in [0.2, 0.25) is 5.02 Å². The molecule has 0 aromatic heterocycles. The van der Waals surface area contributed by atoms with Gasteiger partial charge in [-0.15, -0.1) is 0 Å². The van der Waals surface area contributed by atoms with Gasteiger partial charge in [0, 0.05) is 17.3 Å². The number of hydrogen-bond acceptors (Lipinski definition) is 4. The molecule has 0 aliphatic rings. The lowest BCUT2D eigenvalue weighted by Crippen LogP contribution is -2.02. The summed E-state index contributed by atoms with van der Waals surface area (Å²) in [5.41, 5.74) is 3.02. The Bertz CT molecular complexity index is 618. The third kappa shape index (κ3) is 3.52. The van der Waals surface area contributed by atoms with Gasteiger partial charge < -0.3 is 19.9 Å². The Labute approximate surface area is 129 Å². The second kappa shape index (κ2) is 6.59. The van der Waals surface area contributed by atoms with E-state index in [9.17, 15) is 5.11 Å². The topological polar surface area (TPSA) is 50.7 Å². The van der Waals surface area contributed by atoms with Gasteiger partial charge >= 0.3 is 0 Å². The molecule has 0 aliphatic heterocycles. The number of aromatic hydroxyl groups is 1. The Morgan fingerprint density at radius 3 is 2.24 bits per heavy atom. The normalized spacial score (nSPS) is 10.3. The van der Waals surface area contributed by atoms with Crippen LogP contribution < -0.4 is 14.8 Å². The summed E-state index contributed by atoms with van der Waals surface area (Å²) in [6, 6.07) is 9.23. The molecule has 0 radical (unpaired) electrons. The zero-order valence-corrected chi connectivity index (χ0v) is 13.0. The molecule has 2 N–H and O–H groups in total. The van der Waals surface area contributed by atoms with Gasteiger partial charge in [0.1, 0.15) is 0 Å². The van der Waals surface area contributed by atoms with Crippen LogP contribution in [0.5, 0.6) is 17.2 Å². The van der Waals surface area contributed by atoms with Crippen LogP contribution in [0.25, 0.3) is 0 Å². The number of halogens is 1. The second-order valence-electron chi connectivity index (χ2n) is 4.66. The molecule has 0 aliphatic carbocycles. The molecule has 0 spiro atoms. The van der Waals surface area contributed by atoms with Crippen molar-refractivity contribution in [2.24, 2.45) is 0 Å². The predicted molar refractivity (Wildman–Crippen MR) is 84.7 cm³/mol. The summed E-state index contributed by atoms with van der Waals surface area (Å²) in [4.78, 5) is 0. The Hall–Kier alpha value is -2.07. The number of benzene rings is 2. The number of ether oxygens (including phenoxy) is 2. The van der Waals surface area contributed by atoms with Crippen molar-refractivity contribution in [3.05, 3.63) is 46.5 Å². The molecule has 0 bridgehead atoms. The van der Waals surface area contributed by atoms with Gasteiger partial charge in [-0.05, 0) is 48.4 Å². The average molecular weight is 308 g/mol. The van der Waals surface area contributed by atoms with Crippen molar-refractivity contribution in [3.63, 3.8) is 0 Å². The van der Waals surface area contributed by atoms with Crippen molar-refractivity contribution < 1.29 is 14.6 Å². The van der Waals surface area contributed by atoms with Gasteiger partial charge in [-0.25, -0.2) is 0 Å². The summed E-state index contributed by atoms with van der Waals surface area (Å²) in [5, 5.41) is 13.9. The van der Waals surface area contributed by atoms with Gasteiger partial charge in [0.25, 0.3) is 0 Å². The molecular weight excluding hydrogens is 290 g/mol. The van der Waals surface area contributed by atoms with Crippen LogP contribution in [0.3, 0.4) is 0 Å². The highest BCUT2D eigenvalue weighted by Gasteiger charge is 2.11. The fourth-order valence-electron chi connectivity index (χ4n) is 2.07. The number of phenolic OH excluding ortho intramolecular Hbond substituents is 1. The molecule has 112 valence electrons. The lowest BCUT2D eigenvalue weighted by atomic mass is 10.1. The van der Waals surface area contributed by atoms with Gasteiger partial charge in [-0.2, -0.15) is 0 Å². The van der Waals surface area contributed by atoms with Crippen molar-refractivity contribution in [1.82, 2.24) is 0 Å². The molecule has 0 heterocycles. The molecule has 4 nitrogen and oxygen atoms in total. The Morgan fingerprint density at radius 1 is 1.10 bits per heavy atom. The Balaban J connectivity index is 2.19. The molecule has 0 unspecified atom stereocenters. The van der Waals surface area contributed by atoms with Crippen LogP contribution in [0, 0.1) is 6.92 Å². The standard InChI is InChI=1S/C16H18ClNO3/c1-10-6-12(17)4-5-13(10)18-9-11-7-14(20-2)16(19)15(8-11)21-3/h4-8,18-19H,9H2,1-3H3. The second-order valence-corrected chi connectivity index (χ2v) is 5.10. The number of hydrogen-bond donors (Lipinski definition) is 2. The van der Waals surface area contributed by atoms with Crippen LogP contribution >= 0.6 is 11.6 Å². The fraction of sp³-hybridized carbons (Fsp3) is 0.250. The number of phenols is 1. The minimum atomic E-state index is 0.00595. The highest BCUT2D eigenvalue weighted by atomic mass is 35.5. The number of aryl methyl sites for hydroxylation is 1. The summed E-state index contributed by atoms with van der Waals surface area (Å²) in [7, 11) is 3.02. The first kappa shape index (κ1) is 15.3. The number of methoxy groups -OCH3 is 2. The highest BCUT2D eigenvalue weighted by molar-refractivity contribution is 6.30. The van der Waals surface area contributed by atoms with E-state index in [2.05, 4.69) is 5.32 Å². The molecule has 0 amide bonds. The third-order valence-electron chi connectivity index (χ3n) is 3.21. The van der Waals surface area contributed by atoms with Gasteiger partial charge in [0.05, 0.1) is 14.2 Å². The maximum Gasteiger partial charge on any atom is 0.200 e. The Morgan fingerprint density at radius 2 is 1.71 bits per heavy atom. The van der Waals surface area contributed by atoms with Gasteiger partial charge in [0.15, 0.2) is 11.5 Å². The van der Waals surface area contributed by atoms with E-state index in [4.69, 9.17) is 21.1 Å². The van der Waals surface area contributed by atoms with E-state index in [1.807, 2.05) is 25.1 Å². The third-order valence-corrected chi connectivity index (χ3v) is 3.45. The van der Waals surface area contributed by atoms with E-state index in [1.54, 1.807) is 12.1 Å². The first-order chi connectivity index (χ1) is 10.0. The van der Waals surface area contributed by atoms with Crippen LogP contribution in [0.4, 0.5) is 5.69 Å². The molecular formula is C16H18ClNO3. The van der Waals surface area contributed by atoms with Crippen molar-refractivity contribution in [3.8, 4) is 17.2 Å². The van der Waals surface area contributed by atoms with Crippen LogP contribution in [0.1, 0.15) is 11.1 Å². The molecule has 2 aromatic rings. The monoisotopic (exact) mass is 307 g/mol. The zero-order valence-electron chi connectivity index (χ0n) is 12.2. The molecule has 2 aromatic carbocycles. The average Bonchev–Trinajstić information content (AvgIpc) is 2.47. The molecule has 0 atom stereocenters. The maximum absolute atomic E-state index is 9.89. The van der Waals surface area contributed by atoms with E-state index in [0.717, 1.165) is 16.8 Å². The first-order valence-electron chi connectivity index (χ1n) is 6.49. The fourth-order valence-corrected chi connectivity index (χ4v) is 2.30. The van der Waals surface area contributed by atoms with E-state index in [0.29, 0.717) is 23.1 Å². The highest BCUT2D eigenvalue weighted by Crippen LogP contribution is 2.37.